The highest BCUT2D eigenvalue weighted by Gasteiger charge is 2.10. The van der Waals surface area contributed by atoms with E-state index in [0.29, 0.717) is 11.6 Å². The Morgan fingerprint density at radius 1 is 1.53 bits per heavy atom. The minimum absolute atomic E-state index is 0.0566. The Morgan fingerprint density at radius 3 is 2.82 bits per heavy atom. The lowest BCUT2D eigenvalue weighted by Crippen LogP contribution is -2.35. The number of rotatable bonds is 5. The van der Waals surface area contributed by atoms with Crippen molar-refractivity contribution in [3.8, 4) is 0 Å². The maximum atomic E-state index is 11.5. The number of nitrogens with zero attached hydrogens (tertiary/aromatic N) is 1. The van der Waals surface area contributed by atoms with Crippen LogP contribution >= 0.6 is 11.6 Å². The number of likely N-dealkylation sites (N-methyl/N-ethyl adjacent to an activating group) is 2. The molecule has 2 N–H and O–H groups in total. The van der Waals surface area contributed by atoms with E-state index in [1.54, 1.807) is 30.1 Å². The van der Waals surface area contributed by atoms with E-state index in [1.165, 1.54) is 0 Å². The molecule has 0 fully saturated rings. The van der Waals surface area contributed by atoms with Crippen molar-refractivity contribution in [3.63, 3.8) is 0 Å². The molecule has 0 aliphatic carbocycles. The molecule has 0 unspecified atom stereocenters. The van der Waals surface area contributed by atoms with E-state index in [9.17, 15) is 9.90 Å². The molecule has 0 saturated heterocycles. The van der Waals surface area contributed by atoms with Gasteiger partial charge in [0, 0.05) is 29.9 Å². The third-order valence-corrected chi connectivity index (χ3v) is 2.62. The van der Waals surface area contributed by atoms with Crippen LogP contribution in [0.15, 0.2) is 18.2 Å². The zero-order chi connectivity index (χ0) is 12.8. The lowest BCUT2D eigenvalue weighted by Gasteiger charge is -2.21. The van der Waals surface area contributed by atoms with Crippen LogP contribution in [-0.4, -0.2) is 31.2 Å². The van der Waals surface area contributed by atoms with Crippen LogP contribution in [0.2, 0.25) is 5.02 Å². The Balaban J connectivity index is 2.83. The van der Waals surface area contributed by atoms with Gasteiger partial charge in [-0.2, -0.15) is 0 Å². The number of halogens is 1. The number of anilines is 1. The van der Waals surface area contributed by atoms with Crippen LogP contribution in [0.1, 0.15) is 12.5 Å². The molecule has 1 aromatic carbocycles. The summed E-state index contributed by atoms with van der Waals surface area (Å²) < 4.78 is 0. The molecule has 4 nitrogen and oxygen atoms in total. The van der Waals surface area contributed by atoms with Gasteiger partial charge in [-0.1, -0.05) is 17.7 Å². The Kier molecular flexibility index (Phi) is 5.25. The maximum absolute atomic E-state index is 11.5. The summed E-state index contributed by atoms with van der Waals surface area (Å²) in [7, 11) is 1.79. The second-order valence-corrected chi connectivity index (χ2v) is 4.18. The zero-order valence-corrected chi connectivity index (χ0v) is 10.8. The third-order valence-electron chi connectivity index (χ3n) is 2.38. The average Bonchev–Trinajstić information content (AvgIpc) is 2.29. The Hall–Kier alpha value is -1.26. The van der Waals surface area contributed by atoms with Gasteiger partial charge in [-0.3, -0.25) is 4.79 Å². The number of benzene rings is 1. The van der Waals surface area contributed by atoms with Gasteiger partial charge in [-0.15, -0.1) is 0 Å². The van der Waals surface area contributed by atoms with E-state index in [1.807, 2.05) is 6.92 Å². The van der Waals surface area contributed by atoms with Crippen LogP contribution in [0.5, 0.6) is 0 Å². The fourth-order valence-electron chi connectivity index (χ4n) is 1.58. The molecular formula is C12H17ClN2O2. The van der Waals surface area contributed by atoms with Gasteiger partial charge in [0.05, 0.1) is 13.2 Å². The van der Waals surface area contributed by atoms with Crippen LogP contribution in [0.25, 0.3) is 0 Å². The molecule has 0 aliphatic rings. The molecular weight excluding hydrogens is 240 g/mol. The predicted molar refractivity (Wildman–Crippen MR) is 69.3 cm³/mol. The summed E-state index contributed by atoms with van der Waals surface area (Å²) >= 11 is 5.91. The summed E-state index contributed by atoms with van der Waals surface area (Å²) in [6.45, 7) is 2.64. The van der Waals surface area contributed by atoms with Crippen molar-refractivity contribution in [2.45, 2.75) is 13.5 Å². The van der Waals surface area contributed by atoms with Crippen molar-refractivity contribution in [1.82, 2.24) is 5.32 Å². The third kappa shape index (κ3) is 3.91. The van der Waals surface area contributed by atoms with E-state index in [2.05, 4.69) is 5.32 Å². The van der Waals surface area contributed by atoms with E-state index in [0.717, 1.165) is 11.3 Å². The molecule has 0 spiro atoms. The Labute approximate surface area is 106 Å². The highest BCUT2D eigenvalue weighted by Crippen LogP contribution is 2.23. The second-order valence-electron chi connectivity index (χ2n) is 3.74. The standard InChI is InChI=1S/C12H17ClN2O2/c1-3-14-12(17)7-15(2)11-6-10(13)5-4-9(11)8-16/h4-6,16H,3,7-8H2,1-2H3,(H,14,17). The molecule has 17 heavy (non-hydrogen) atoms. The van der Waals surface area contributed by atoms with Crippen LogP contribution in [0, 0.1) is 0 Å². The lowest BCUT2D eigenvalue weighted by atomic mass is 10.1. The number of hydrogen-bond acceptors (Lipinski definition) is 3. The first-order chi connectivity index (χ1) is 8.08. The highest BCUT2D eigenvalue weighted by atomic mass is 35.5. The zero-order valence-electron chi connectivity index (χ0n) is 10.0. The minimum atomic E-state index is -0.0771. The van der Waals surface area contributed by atoms with E-state index in [4.69, 9.17) is 11.6 Å². The van der Waals surface area contributed by atoms with Gasteiger partial charge >= 0.3 is 0 Å². The van der Waals surface area contributed by atoms with Crippen molar-refractivity contribution in [3.05, 3.63) is 28.8 Å². The Bertz CT molecular complexity index is 396. The molecule has 0 atom stereocenters. The molecule has 0 aliphatic heterocycles. The average molecular weight is 257 g/mol. The fourth-order valence-corrected chi connectivity index (χ4v) is 1.75. The highest BCUT2D eigenvalue weighted by molar-refractivity contribution is 6.30. The second kappa shape index (κ2) is 6.47. The number of carbonyl (C=O) groups is 1. The maximum Gasteiger partial charge on any atom is 0.239 e. The van der Waals surface area contributed by atoms with Crippen LogP contribution < -0.4 is 10.2 Å². The van der Waals surface area contributed by atoms with Gasteiger partial charge in [0.25, 0.3) is 0 Å². The normalized spacial score (nSPS) is 10.1. The van der Waals surface area contributed by atoms with Crippen LogP contribution in [-0.2, 0) is 11.4 Å². The minimum Gasteiger partial charge on any atom is -0.392 e. The number of hydrogen-bond donors (Lipinski definition) is 2. The molecule has 0 bridgehead atoms. The molecule has 1 amide bonds. The largest absolute Gasteiger partial charge is 0.392 e. The first-order valence-corrected chi connectivity index (χ1v) is 5.83. The van der Waals surface area contributed by atoms with Crippen molar-refractivity contribution >= 4 is 23.2 Å². The number of carbonyl (C=O) groups excluding carboxylic acids is 1. The number of aliphatic hydroxyl groups is 1. The first kappa shape index (κ1) is 13.8. The van der Waals surface area contributed by atoms with Gasteiger partial charge in [0.15, 0.2) is 0 Å². The van der Waals surface area contributed by atoms with Gasteiger partial charge in [0.1, 0.15) is 0 Å². The number of nitrogens with one attached hydrogen (secondary N) is 1. The van der Waals surface area contributed by atoms with Gasteiger partial charge in [0.2, 0.25) is 5.91 Å². The van der Waals surface area contributed by atoms with E-state index in [-0.39, 0.29) is 19.1 Å². The monoisotopic (exact) mass is 256 g/mol. The topological polar surface area (TPSA) is 52.6 Å². The van der Waals surface area contributed by atoms with Crippen molar-refractivity contribution in [2.24, 2.45) is 0 Å². The summed E-state index contributed by atoms with van der Waals surface area (Å²) in [4.78, 5) is 13.2. The molecule has 94 valence electrons. The Morgan fingerprint density at radius 2 is 2.24 bits per heavy atom. The lowest BCUT2D eigenvalue weighted by molar-refractivity contribution is -0.119. The van der Waals surface area contributed by atoms with Crippen molar-refractivity contribution in [1.29, 1.82) is 0 Å². The molecule has 0 aromatic heterocycles. The van der Waals surface area contributed by atoms with Gasteiger partial charge in [-0.05, 0) is 19.1 Å². The summed E-state index contributed by atoms with van der Waals surface area (Å²) in [6, 6.07) is 5.22. The van der Waals surface area contributed by atoms with E-state index >= 15 is 0 Å². The van der Waals surface area contributed by atoms with Gasteiger partial charge < -0.3 is 15.3 Å². The predicted octanol–water partition coefficient (Wildman–Crippen LogP) is 1.40. The fraction of sp³-hybridized carbons (Fsp3) is 0.417. The quantitative estimate of drug-likeness (QED) is 0.838. The summed E-state index contributed by atoms with van der Waals surface area (Å²) in [5.74, 6) is -0.0566. The molecule has 0 saturated carbocycles. The van der Waals surface area contributed by atoms with Crippen LogP contribution in [0.4, 0.5) is 5.69 Å². The summed E-state index contributed by atoms with van der Waals surface area (Å²) in [5, 5.41) is 12.5. The molecule has 1 rings (SSSR count). The summed E-state index contributed by atoms with van der Waals surface area (Å²) in [6.07, 6.45) is 0. The summed E-state index contributed by atoms with van der Waals surface area (Å²) in [5.41, 5.74) is 1.52. The molecule has 5 heteroatoms. The van der Waals surface area contributed by atoms with Crippen molar-refractivity contribution in [2.75, 3.05) is 25.0 Å². The van der Waals surface area contributed by atoms with Crippen LogP contribution in [0.3, 0.4) is 0 Å². The van der Waals surface area contributed by atoms with Gasteiger partial charge in [-0.25, -0.2) is 0 Å². The number of amides is 1. The number of aliphatic hydroxyl groups excluding tert-OH is 1. The molecule has 0 heterocycles. The van der Waals surface area contributed by atoms with E-state index < -0.39 is 0 Å². The SMILES string of the molecule is CCNC(=O)CN(C)c1cc(Cl)ccc1CO. The first-order valence-electron chi connectivity index (χ1n) is 5.45. The smallest absolute Gasteiger partial charge is 0.239 e. The molecule has 1 aromatic rings. The molecule has 0 radical (unpaired) electrons. The van der Waals surface area contributed by atoms with Crippen molar-refractivity contribution < 1.29 is 9.90 Å².